The Balaban J connectivity index is 0. The monoisotopic (exact) mass is 137 g/mol. The van der Waals surface area contributed by atoms with E-state index < -0.39 is 0 Å². The van der Waals surface area contributed by atoms with Crippen LogP contribution in [0.3, 0.4) is 0 Å². The van der Waals surface area contributed by atoms with Gasteiger partial charge in [-0.3, -0.25) is 14.9 Å². The minimum Gasteiger partial charge on any atom is -0.297 e. The molecule has 4 heteroatoms. The highest BCUT2D eigenvalue weighted by molar-refractivity contribution is 5.92. The summed E-state index contributed by atoms with van der Waals surface area (Å²) in [6, 6.07) is 0. The number of hydrogen-bond acceptors (Lipinski definition) is 2. The first-order valence-electron chi connectivity index (χ1n) is 1.91. The quantitative estimate of drug-likeness (QED) is 0.515. The lowest BCUT2D eigenvalue weighted by atomic mass is 10.6. The van der Waals surface area contributed by atoms with Crippen LogP contribution in [0.5, 0.6) is 0 Å². The number of nitrogens with one attached hydrogen (secondary N) is 1. The number of imide groups is 1. The van der Waals surface area contributed by atoms with Gasteiger partial charge in [-0.2, -0.15) is 0 Å². The topological polar surface area (TPSA) is 46.2 Å². The van der Waals surface area contributed by atoms with E-state index in [1.807, 2.05) is 5.32 Å². The van der Waals surface area contributed by atoms with Crippen molar-refractivity contribution >= 4 is 24.2 Å². The summed E-state index contributed by atoms with van der Waals surface area (Å²) in [7, 11) is 0. The zero-order valence-corrected chi connectivity index (χ0v) is 5.54. The molecule has 0 aromatic rings. The van der Waals surface area contributed by atoms with Crippen molar-refractivity contribution in [2.45, 2.75) is 13.8 Å². The Bertz CT molecular complexity index is 90.2. The van der Waals surface area contributed by atoms with Crippen LogP contribution in [-0.2, 0) is 9.59 Å². The summed E-state index contributed by atoms with van der Waals surface area (Å²) in [5.41, 5.74) is 0. The van der Waals surface area contributed by atoms with Crippen molar-refractivity contribution in [3.63, 3.8) is 0 Å². The van der Waals surface area contributed by atoms with E-state index in [2.05, 4.69) is 0 Å². The third-order valence-corrected chi connectivity index (χ3v) is 0.352. The molecular weight excluding hydrogens is 130 g/mol. The van der Waals surface area contributed by atoms with E-state index in [1.54, 1.807) is 0 Å². The second-order valence-corrected chi connectivity index (χ2v) is 1.24. The predicted octanol–water partition coefficient (Wildman–Crippen LogP) is 0.0908. The SMILES string of the molecule is CC(=O)NC(C)=O.Cl. The van der Waals surface area contributed by atoms with Crippen molar-refractivity contribution in [2.75, 3.05) is 0 Å². The molecule has 2 amide bonds. The lowest BCUT2D eigenvalue weighted by molar-refractivity contribution is -0.127. The molecule has 0 radical (unpaired) electrons. The van der Waals surface area contributed by atoms with E-state index in [4.69, 9.17) is 0 Å². The average Bonchev–Trinajstić information content (AvgIpc) is 1.27. The molecule has 8 heavy (non-hydrogen) atoms. The van der Waals surface area contributed by atoms with Crippen LogP contribution in [0.25, 0.3) is 0 Å². The number of carbonyl (C=O) groups is 2. The molecule has 0 aliphatic rings. The smallest absolute Gasteiger partial charge is 0.223 e. The summed E-state index contributed by atoms with van der Waals surface area (Å²) < 4.78 is 0. The molecule has 0 aliphatic heterocycles. The molecule has 3 nitrogen and oxygen atoms in total. The third kappa shape index (κ3) is 9.06. The summed E-state index contributed by atoms with van der Waals surface area (Å²) >= 11 is 0. The highest BCUT2D eigenvalue weighted by Gasteiger charge is 1.90. The molecule has 0 heterocycles. The Hall–Kier alpha value is -0.570. The van der Waals surface area contributed by atoms with Gasteiger partial charge < -0.3 is 0 Å². The number of rotatable bonds is 0. The number of halogens is 1. The van der Waals surface area contributed by atoms with Crippen LogP contribution in [0.4, 0.5) is 0 Å². The number of carbonyl (C=O) groups excluding carboxylic acids is 2. The minimum atomic E-state index is -0.312. The fourth-order valence-corrected chi connectivity index (χ4v) is 0.248. The van der Waals surface area contributed by atoms with Gasteiger partial charge in [0.2, 0.25) is 11.8 Å². The first-order chi connectivity index (χ1) is 3.13. The first-order valence-corrected chi connectivity index (χ1v) is 1.91. The normalized spacial score (nSPS) is 6.75. The van der Waals surface area contributed by atoms with Crippen LogP contribution in [0.1, 0.15) is 13.8 Å². The Labute approximate surface area is 53.9 Å². The molecular formula is C4H8ClNO2. The zero-order valence-electron chi connectivity index (χ0n) is 4.72. The van der Waals surface area contributed by atoms with Gasteiger partial charge in [0.25, 0.3) is 0 Å². The molecule has 0 bridgehead atoms. The fourth-order valence-electron chi connectivity index (χ4n) is 0.248. The van der Waals surface area contributed by atoms with Gasteiger partial charge in [0.1, 0.15) is 0 Å². The standard InChI is InChI=1S/C4H7NO2.ClH/c1-3(6)5-4(2)7;/h1-2H3,(H,5,6,7);1H. The van der Waals surface area contributed by atoms with Crippen LogP contribution in [-0.4, -0.2) is 11.8 Å². The average molecular weight is 138 g/mol. The lowest BCUT2D eigenvalue weighted by Crippen LogP contribution is -2.24. The van der Waals surface area contributed by atoms with Crippen molar-refractivity contribution in [3.8, 4) is 0 Å². The van der Waals surface area contributed by atoms with Crippen LogP contribution >= 0.6 is 12.4 Å². The second-order valence-electron chi connectivity index (χ2n) is 1.24. The first kappa shape index (κ1) is 10.4. The maximum absolute atomic E-state index is 9.92. The molecule has 0 aliphatic carbocycles. The summed E-state index contributed by atoms with van der Waals surface area (Å²) in [6.45, 7) is 2.59. The second kappa shape index (κ2) is 4.59. The fraction of sp³-hybridized carbons (Fsp3) is 0.500. The van der Waals surface area contributed by atoms with E-state index in [-0.39, 0.29) is 24.2 Å². The highest BCUT2D eigenvalue weighted by Crippen LogP contribution is 1.58. The van der Waals surface area contributed by atoms with Gasteiger partial charge in [0.05, 0.1) is 0 Å². The zero-order chi connectivity index (χ0) is 5.86. The molecule has 0 fully saturated rings. The van der Waals surface area contributed by atoms with Crippen LogP contribution < -0.4 is 5.32 Å². The minimum absolute atomic E-state index is 0. The van der Waals surface area contributed by atoms with E-state index in [0.29, 0.717) is 0 Å². The molecule has 0 saturated carbocycles. The molecule has 1 N–H and O–H groups in total. The van der Waals surface area contributed by atoms with E-state index in [1.165, 1.54) is 13.8 Å². The van der Waals surface area contributed by atoms with E-state index in [0.717, 1.165) is 0 Å². The van der Waals surface area contributed by atoms with Gasteiger partial charge in [0.15, 0.2) is 0 Å². The molecule has 0 atom stereocenters. The van der Waals surface area contributed by atoms with Gasteiger partial charge in [-0.1, -0.05) is 0 Å². The van der Waals surface area contributed by atoms with Crippen molar-refractivity contribution in [1.29, 1.82) is 0 Å². The van der Waals surface area contributed by atoms with Crippen molar-refractivity contribution in [1.82, 2.24) is 5.32 Å². The highest BCUT2D eigenvalue weighted by atomic mass is 35.5. The molecule has 0 saturated heterocycles. The van der Waals surface area contributed by atoms with Crippen LogP contribution in [0.2, 0.25) is 0 Å². The Morgan fingerprint density at radius 3 is 1.38 bits per heavy atom. The van der Waals surface area contributed by atoms with Gasteiger partial charge >= 0.3 is 0 Å². The van der Waals surface area contributed by atoms with Gasteiger partial charge in [-0.05, 0) is 0 Å². The van der Waals surface area contributed by atoms with Crippen molar-refractivity contribution in [3.05, 3.63) is 0 Å². The van der Waals surface area contributed by atoms with Crippen molar-refractivity contribution < 1.29 is 9.59 Å². The molecule has 0 aromatic heterocycles. The van der Waals surface area contributed by atoms with Crippen LogP contribution in [0, 0.1) is 0 Å². The summed E-state index contributed by atoms with van der Waals surface area (Å²) in [5.74, 6) is -0.625. The maximum Gasteiger partial charge on any atom is 0.223 e. The Morgan fingerprint density at radius 2 is 1.38 bits per heavy atom. The van der Waals surface area contributed by atoms with Gasteiger partial charge in [0, 0.05) is 13.8 Å². The van der Waals surface area contributed by atoms with Gasteiger partial charge in [-0.25, -0.2) is 0 Å². The number of hydrogen-bond donors (Lipinski definition) is 1. The Kier molecular flexibility index (Phi) is 5.97. The third-order valence-electron chi connectivity index (χ3n) is 0.352. The summed E-state index contributed by atoms with van der Waals surface area (Å²) in [6.07, 6.45) is 0. The molecule has 48 valence electrons. The van der Waals surface area contributed by atoms with Crippen molar-refractivity contribution in [2.24, 2.45) is 0 Å². The number of amides is 2. The van der Waals surface area contributed by atoms with E-state index >= 15 is 0 Å². The van der Waals surface area contributed by atoms with Crippen LogP contribution in [0.15, 0.2) is 0 Å². The lowest BCUT2D eigenvalue weighted by Gasteiger charge is -1.88. The Morgan fingerprint density at radius 1 is 1.12 bits per heavy atom. The molecule has 0 unspecified atom stereocenters. The van der Waals surface area contributed by atoms with Gasteiger partial charge in [-0.15, -0.1) is 12.4 Å². The largest absolute Gasteiger partial charge is 0.297 e. The molecule has 0 spiro atoms. The maximum atomic E-state index is 9.92. The summed E-state index contributed by atoms with van der Waals surface area (Å²) in [5, 5.41) is 2.03. The molecule has 0 aromatic carbocycles. The summed E-state index contributed by atoms with van der Waals surface area (Å²) in [4.78, 5) is 19.8. The molecule has 0 rings (SSSR count). The predicted molar refractivity (Wildman–Crippen MR) is 31.7 cm³/mol. The van der Waals surface area contributed by atoms with E-state index in [9.17, 15) is 9.59 Å².